The van der Waals surface area contributed by atoms with Gasteiger partial charge in [-0.05, 0) is 0 Å². The number of allylic oxidation sites excluding steroid dienone is 1. The molecule has 0 bridgehead atoms. The highest BCUT2D eigenvalue weighted by molar-refractivity contribution is 5.70. The van der Waals surface area contributed by atoms with E-state index in [-0.39, 0.29) is 11.5 Å². The zero-order valence-corrected chi connectivity index (χ0v) is 9.40. The Morgan fingerprint density at radius 2 is 2.31 bits per heavy atom. The van der Waals surface area contributed by atoms with Crippen LogP contribution >= 0.6 is 0 Å². The molecule has 0 unspecified atom stereocenters. The van der Waals surface area contributed by atoms with Crippen LogP contribution in [0.5, 0.6) is 0 Å². The predicted molar refractivity (Wildman–Crippen MR) is 64.1 cm³/mol. The van der Waals surface area contributed by atoms with Crippen LogP contribution in [0.4, 0.5) is 5.95 Å². The number of rotatable bonds is 2. The number of nitrogen functional groups attached to an aromatic ring is 1. The largest absolute Gasteiger partial charge is 0.369 e. The van der Waals surface area contributed by atoms with Crippen molar-refractivity contribution in [3.8, 4) is 0 Å². The molecule has 3 N–H and O–H groups in total. The average Bonchev–Trinajstić information content (AvgIpc) is 2.65. The first-order valence-electron chi connectivity index (χ1n) is 5.04. The Kier molecular flexibility index (Phi) is 3.82. The molecule has 6 heteroatoms. The van der Waals surface area contributed by atoms with Gasteiger partial charge in [-0.25, -0.2) is 4.98 Å². The van der Waals surface area contributed by atoms with Gasteiger partial charge in [0.05, 0.1) is 6.33 Å². The van der Waals surface area contributed by atoms with Crippen LogP contribution in [0, 0.1) is 0 Å². The van der Waals surface area contributed by atoms with E-state index in [9.17, 15) is 4.79 Å². The van der Waals surface area contributed by atoms with E-state index in [0.29, 0.717) is 17.7 Å². The van der Waals surface area contributed by atoms with Gasteiger partial charge in [-0.2, -0.15) is 4.98 Å². The molecule has 6 nitrogen and oxygen atoms in total. The summed E-state index contributed by atoms with van der Waals surface area (Å²) >= 11 is 0. The summed E-state index contributed by atoms with van der Waals surface area (Å²) in [6.45, 7) is 8.10. The predicted octanol–water partition coefficient (Wildman–Crippen LogP) is 0.914. The smallest absolute Gasteiger partial charge is 0.278 e. The number of aromatic amines is 1. The zero-order valence-electron chi connectivity index (χ0n) is 9.40. The van der Waals surface area contributed by atoms with Crippen LogP contribution in [-0.2, 0) is 6.54 Å². The number of imidazole rings is 1. The van der Waals surface area contributed by atoms with Crippen LogP contribution in [0.15, 0.2) is 23.8 Å². The van der Waals surface area contributed by atoms with Crippen molar-refractivity contribution in [2.24, 2.45) is 0 Å². The van der Waals surface area contributed by atoms with Crippen molar-refractivity contribution in [1.82, 2.24) is 19.5 Å². The Morgan fingerprint density at radius 3 is 2.94 bits per heavy atom. The summed E-state index contributed by atoms with van der Waals surface area (Å²) in [4.78, 5) is 21.8. The highest BCUT2D eigenvalue weighted by Crippen LogP contribution is 2.05. The van der Waals surface area contributed by atoms with Crippen LogP contribution in [0.1, 0.15) is 13.8 Å². The maximum absolute atomic E-state index is 11.5. The lowest BCUT2D eigenvalue weighted by atomic mass is 10.5. The van der Waals surface area contributed by atoms with Gasteiger partial charge in [0.1, 0.15) is 0 Å². The van der Waals surface area contributed by atoms with Crippen LogP contribution in [0.3, 0.4) is 0 Å². The number of nitrogens with one attached hydrogen (secondary N) is 1. The molecule has 0 spiro atoms. The molecule has 2 aromatic heterocycles. The molecule has 0 aromatic carbocycles. The van der Waals surface area contributed by atoms with E-state index < -0.39 is 0 Å². The zero-order chi connectivity index (χ0) is 12.1. The Bertz CT molecular complexity index is 540. The summed E-state index contributed by atoms with van der Waals surface area (Å²) < 4.78 is 1.66. The molecule has 16 heavy (non-hydrogen) atoms. The second-order valence-corrected chi connectivity index (χ2v) is 2.81. The molecule has 0 aliphatic heterocycles. The highest BCUT2D eigenvalue weighted by Gasteiger charge is 2.07. The number of nitrogens with two attached hydrogens (primary N) is 1. The molecule has 0 radical (unpaired) electrons. The fourth-order valence-electron chi connectivity index (χ4n) is 1.28. The van der Waals surface area contributed by atoms with E-state index in [2.05, 4.69) is 21.5 Å². The normalized spacial score (nSPS) is 9.62. The number of hydrogen-bond donors (Lipinski definition) is 2. The first kappa shape index (κ1) is 12.0. The van der Waals surface area contributed by atoms with Crippen LogP contribution in [0.25, 0.3) is 11.2 Å². The van der Waals surface area contributed by atoms with Crippen molar-refractivity contribution >= 4 is 17.1 Å². The minimum Gasteiger partial charge on any atom is -0.369 e. The molecule has 86 valence electrons. The molecule has 0 saturated carbocycles. The van der Waals surface area contributed by atoms with Gasteiger partial charge < -0.3 is 10.3 Å². The third kappa shape index (κ3) is 2.10. The molecule has 2 rings (SSSR count). The van der Waals surface area contributed by atoms with E-state index in [4.69, 9.17) is 5.73 Å². The lowest BCUT2D eigenvalue weighted by molar-refractivity contribution is 0.845. The quantitative estimate of drug-likeness (QED) is 0.738. The summed E-state index contributed by atoms with van der Waals surface area (Å²) in [6, 6.07) is 0. The minimum absolute atomic E-state index is 0.0753. The van der Waals surface area contributed by atoms with Gasteiger partial charge in [-0.15, -0.1) is 6.58 Å². The summed E-state index contributed by atoms with van der Waals surface area (Å²) in [6.07, 6.45) is 3.21. The van der Waals surface area contributed by atoms with Gasteiger partial charge >= 0.3 is 0 Å². The minimum atomic E-state index is -0.285. The third-order valence-corrected chi connectivity index (χ3v) is 1.83. The monoisotopic (exact) mass is 221 g/mol. The fourth-order valence-corrected chi connectivity index (χ4v) is 1.28. The molecular weight excluding hydrogens is 206 g/mol. The van der Waals surface area contributed by atoms with Crippen molar-refractivity contribution in [2.75, 3.05) is 5.73 Å². The number of hydrogen-bond acceptors (Lipinski definition) is 4. The Hall–Kier alpha value is -2.11. The molecular formula is C10H15N5O. The maximum atomic E-state index is 11.5. The van der Waals surface area contributed by atoms with Crippen LogP contribution in [0.2, 0.25) is 0 Å². The lowest BCUT2D eigenvalue weighted by Gasteiger charge is -1.97. The summed E-state index contributed by atoms with van der Waals surface area (Å²) in [5, 5.41) is 0. The molecule has 0 amide bonds. The third-order valence-electron chi connectivity index (χ3n) is 1.83. The Morgan fingerprint density at radius 1 is 1.62 bits per heavy atom. The maximum Gasteiger partial charge on any atom is 0.278 e. The number of nitrogens with zero attached hydrogens (tertiary/aromatic N) is 3. The van der Waals surface area contributed by atoms with Gasteiger partial charge in [0, 0.05) is 6.54 Å². The number of aromatic nitrogens is 4. The molecule has 0 aliphatic carbocycles. The standard InChI is InChI=1S/C8H9N5O.C2H6/c1-2-3-13-4-10-6-5(13)7(14)12-8(9)11-6;1-2/h2,4H,1,3H2,(H3,9,11,12,14);1-2H3. The SMILES string of the molecule is C=CCn1cnc2nc(N)[nH]c(=O)c21.CC. The van der Waals surface area contributed by atoms with E-state index >= 15 is 0 Å². The number of anilines is 1. The molecule has 0 atom stereocenters. The topological polar surface area (TPSA) is 89.6 Å². The summed E-state index contributed by atoms with van der Waals surface area (Å²) in [5.74, 6) is 0.0753. The van der Waals surface area contributed by atoms with E-state index in [1.165, 1.54) is 6.33 Å². The van der Waals surface area contributed by atoms with Gasteiger partial charge in [-0.1, -0.05) is 19.9 Å². The number of H-pyrrole nitrogens is 1. The van der Waals surface area contributed by atoms with E-state index in [1.807, 2.05) is 13.8 Å². The van der Waals surface area contributed by atoms with Crippen molar-refractivity contribution in [2.45, 2.75) is 20.4 Å². The average molecular weight is 221 g/mol. The molecule has 0 aliphatic rings. The van der Waals surface area contributed by atoms with E-state index in [1.54, 1.807) is 10.6 Å². The Balaban J connectivity index is 0.000000606. The molecule has 0 fully saturated rings. The summed E-state index contributed by atoms with van der Waals surface area (Å²) in [7, 11) is 0. The molecule has 2 heterocycles. The van der Waals surface area contributed by atoms with Gasteiger partial charge in [0.15, 0.2) is 11.2 Å². The van der Waals surface area contributed by atoms with Crippen molar-refractivity contribution < 1.29 is 0 Å². The highest BCUT2D eigenvalue weighted by atomic mass is 16.1. The van der Waals surface area contributed by atoms with Crippen molar-refractivity contribution in [3.05, 3.63) is 29.3 Å². The van der Waals surface area contributed by atoms with Crippen molar-refractivity contribution in [3.63, 3.8) is 0 Å². The molecule has 0 saturated heterocycles. The second kappa shape index (κ2) is 5.11. The fraction of sp³-hybridized carbons (Fsp3) is 0.300. The first-order chi connectivity index (χ1) is 7.72. The Labute approximate surface area is 92.8 Å². The second-order valence-electron chi connectivity index (χ2n) is 2.81. The first-order valence-corrected chi connectivity index (χ1v) is 5.04. The van der Waals surface area contributed by atoms with Crippen molar-refractivity contribution in [1.29, 1.82) is 0 Å². The lowest BCUT2D eigenvalue weighted by Crippen LogP contribution is -2.14. The van der Waals surface area contributed by atoms with E-state index in [0.717, 1.165) is 0 Å². The number of fused-ring (bicyclic) bond motifs is 1. The van der Waals surface area contributed by atoms with Crippen LogP contribution < -0.4 is 11.3 Å². The van der Waals surface area contributed by atoms with Crippen LogP contribution in [-0.4, -0.2) is 19.5 Å². The van der Waals surface area contributed by atoms with Gasteiger partial charge in [0.2, 0.25) is 5.95 Å². The summed E-state index contributed by atoms with van der Waals surface area (Å²) in [5.41, 5.74) is 5.86. The van der Waals surface area contributed by atoms with Gasteiger partial charge in [-0.3, -0.25) is 9.78 Å². The molecule has 2 aromatic rings. The van der Waals surface area contributed by atoms with Gasteiger partial charge in [0.25, 0.3) is 5.56 Å².